The zero-order chi connectivity index (χ0) is 35.0. The van der Waals surface area contributed by atoms with Gasteiger partial charge in [0.15, 0.2) is 11.7 Å². The SMILES string of the molecule is CCCNC1(O)CCCN1C(CCN1CCCC1=O)CC(CC(CC(CC)N1CCCC1=O)N1CCCC1(O)NCCC)N1CCCC1=O. The number of hydrogen-bond acceptors (Lipinski definition) is 9. The molecular formula is C37H67N7O5. The monoisotopic (exact) mass is 690 g/mol. The first kappa shape index (κ1) is 38.4. The summed E-state index contributed by atoms with van der Waals surface area (Å²) < 4.78 is 0. The number of likely N-dealkylation sites (tertiary alicyclic amines) is 5. The van der Waals surface area contributed by atoms with Gasteiger partial charge in [-0.3, -0.25) is 34.8 Å². The molecule has 5 aliphatic heterocycles. The van der Waals surface area contributed by atoms with Gasteiger partial charge >= 0.3 is 0 Å². The Hall–Kier alpha value is -1.83. The number of carbonyl (C=O) groups excluding carboxylic acids is 3. The molecule has 5 fully saturated rings. The molecule has 0 spiro atoms. The van der Waals surface area contributed by atoms with Crippen LogP contribution in [0.1, 0.15) is 130 Å². The lowest BCUT2D eigenvalue weighted by molar-refractivity contribution is -0.144. The van der Waals surface area contributed by atoms with Crippen molar-refractivity contribution in [3.63, 3.8) is 0 Å². The largest absolute Gasteiger partial charge is 0.363 e. The van der Waals surface area contributed by atoms with Gasteiger partial charge in [-0.25, -0.2) is 0 Å². The average Bonchev–Trinajstić information content (AvgIpc) is 3.93. The maximum Gasteiger partial charge on any atom is 0.222 e. The molecule has 0 aromatic rings. The Morgan fingerprint density at radius 1 is 0.612 bits per heavy atom. The highest BCUT2D eigenvalue weighted by atomic mass is 16.3. The first-order valence-corrected chi connectivity index (χ1v) is 20.0. The van der Waals surface area contributed by atoms with Crippen molar-refractivity contribution in [3.8, 4) is 0 Å². The smallest absolute Gasteiger partial charge is 0.222 e. The van der Waals surface area contributed by atoms with Crippen LogP contribution in [-0.2, 0) is 14.4 Å². The Balaban J connectivity index is 1.46. The molecule has 0 aromatic carbocycles. The van der Waals surface area contributed by atoms with Crippen molar-refractivity contribution in [2.24, 2.45) is 0 Å². The zero-order valence-electron chi connectivity index (χ0n) is 30.8. The lowest BCUT2D eigenvalue weighted by atomic mass is 9.90. The summed E-state index contributed by atoms with van der Waals surface area (Å²) in [5.74, 6) is -1.62. The number of hydrogen-bond donors (Lipinski definition) is 4. The molecule has 280 valence electrons. The van der Waals surface area contributed by atoms with Gasteiger partial charge in [-0.15, -0.1) is 0 Å². The van der Waals surface area contributed by atoms with Crippen LogP contribution in [0.5, 0.6) is 0 Å². The third-order valence-electron chi connectivity index (χ3n) is 12.1. The first-order valence-electron chi connectivity index (χ1n) is 20.0. The Kier molecular flexibility index (Phi) is 13.8. The molecule has 5 rings (SSSR count). The molecule has 49 heavy (non-hydrogen) atoms. The van der Waals surface area contributed by atoms with Crippen LogP contribution in [0.3, 0.4) is 0 Å². The topological polar surface area (TPSA) is 132 Å². The summed E-state index contributed by atoms with van der Waals surface area (Å²) in [6.07, 6.45) is 13.0. The van der Waals surface area contributed by atoms with Gasteiger partial charge in [0.1, 0.15) is 0 Å². The highest BCUT2D eigenvalue weighted by Gasteiger charge is 2.47. The molecule has 0 aliphatic carbocycles. The Morgan fingerprint density at radius 3 is 1.59 bits per heavy atom. The van der Waals surface area contributed by atoms with Crippen LogP contribution in [0.25, 0.3) is 0 Å². The van der Waals surface area contributed by atoms with E-state index in [1.54, 1.807) is 0 Å². The van der Waals surface area contributed by atoms with Crippen LogP contribution in [0, 0.1) is 0 Å². The highest BCUT2D eigenvalue weighted by molar-refractivity contribution is 5.79. The number of aliphatic hydroxyl groups is 2. The predicted molar refractivity (Wildman–Crippen MR) is 190 cm³/mol. The molecule has 12 heteroatoms. The van der Waals surface area contributed by atoms with Gasteiger partial charge in [0, 0.05) is 95.5 Å². The average molecular weight is 690 g/mol. The van der Waals surface area contributed by atoms with Crippen LogP contribution in [0.4, 0.5) is 0 Å². The Bertz CT molecular complexity index is 1110. The number of nitrogens with one attached hydrogen (secondary N) is 2. The van der Waals surface area contributed by atoms with Crippen molar-refractivity contribution in [2.75, 3.05) is 52.4 Å². The van der Waals surface area contributed by atoms with Crippen molar-refractivity contribution >= 4 is 17.7 Å². The van der Waals surface area contributed by atoms with Crippen LogP contribution < -0.4 is 10.6 Å². The molecular weight excluding hydrogens is 622 g/mol. The van der Waals surface area contributed by atoms with Crippen molar-refractivity contribution < 1.29 is 24.6 Å². The highest BCUT2D eigenvalue weighted by Crippen LogP contribution is 2.37. The number of nitrogens with zero attached hydrogens (tertiary/aromatic N) is 5. The van der Waals surface area contributed by atoms with E-state index in [2.05, 4.69) is 51.0 Å². The van der Waals surface area contributed by atoms with Crippen molar-refractivity contribution in [1.82, 2.24) is 35.1 Å². The van der Waals surface area contributed by atoms with E-state index in [0.29, 0.717) is 71.1 Å². The molecule has 0 radical (unpaired) electrons. The third-order valence-corrected chi connectivity index (χ3v) is 12.1. The molecule has 3 amide bonds. The van der Waals surface area contributed by atoms with Gasteiger partial charge in [0.2, 0.25) is 17.7 Å². The summed E-state index contributed by atoms with van der Waals surface area (Å²) in [7, 11) is 0. The molecule has 5 heterocycles. The van der Waals surface area contributed by atoms with Gasteiger partial charge in [-0.1, -0.05) is 20.8 Å². The minimum absolute atomic E-state index is 0.0397. The molecule has 5 aliphatic rings. The maximum absolute atomic E-state index is 13.6. The van der Waals surface area contributed by atoms with E-state index in [-0.39, 0.29) is 41.9 Å². The summed E-state index contributed by atoms with van der Waals surface area (Å²) in [5, 5.41) is 31.0. The standard InChI is InChI=1S/C37H67N7O5/c1-4-18-38-36(48)16-10-23-43(36)30(15-25-40-20-7-12-33(40)45)27-31(42-22-9-14-35(42)47)28-32(26-29(6-3)41-21-8-13-34(41)46)44-24-11-17-37(44,49)39-19-5-2/h29-32,38-39,48-49H,4-28H2,1-3H3. The second kappa shape index (κ2) is 17.6. The summed E-state index contributed by atoms with van der Waals surface area (Å²) in [6.45, 7) is 12.3. The lowest BCUT2D eigenvalue weighted by Gasteiger charge is -2.46. The summed E-state index contributed by atoms with van der Waals surface area (Å²) >= 11 is 0. The van der Waals surface area contributed by atoms with Crippen LogP contribution in [-0.4, -0.2) is 141 Å². The minimum atomic E-state index is -1.12. The second-order valence-corrected chi connectivity index (χ2v) is 15.5. The molecule has 5 saturated heterocycles. The minimum Gasteiger partial charge on any atom is -0.363 e. The summed E-state index contributed by atoms with van der Waals surface area (Å²) in [4.78, 5) is 49.9. The predicted octanol–water partition coefficient (Wildman–Crippen LogP) is 2.78. The fourth-order valence-corrected chi connectivity index (χ4v) is 9.56. The van der Waals surface area contributed by atoms with Crippen molar-refractivity contribution in [3.05, 3.63) is 0 Å². The Labute approximate surface area is 295 Å². The van der Waals surface area contributed by atoms with E-state index in [0.717, 1.165) is 90.4 Å². The van der Waals surface area contributed by atoms with E-state index in [1.807, 2.05) is 4.90 Å². The van der Waals surface area contributed by atoms with E-state index < -0.39 is 11.7 Å². The van der Waals surface area contributed by atoms with Crippen LogP contribution in [0.2, 0.25) is 0 Å². The number of rotatable bonds is 20. The van der Waals surface area contributed by atoms with Gasteiger partial charge < -0.3 is 24.9 Å². The second-order valence-electron chi connectivity index (χ2n) is 15.5. The van der Waals surface area contributed by atoms with Gasteiger partial charge in [-0.05, 0) is 90.1 Å². The first-order chi connectivity index (χ1) is 23.6. The molecule has 4 N–H and O–H groups in total. The molecule has 6 unspecified atom stereocenters. The fourth-order valence-electron chi connectivity index (χ4n) is 9.56. The molecule has 0 bridgehead atoms. The molecule has 12 nitrogen and oxygen atoms in total. The lowest BCUT2D eigenvalue weighted by Crippen LogP contribution is -2.62. The molecule has 0 aromatic heterocycles. The maximum atomic E-state index is 13.6. The van der Waals surface area contributed by atoms with E-state index in [9.17, 15) is 24.6 Å². The zero-order valence-corrected chi connectivity index (χ0v) is 30.8. The molecule has 6 atom stereocenters. The Morgan fingerprint density at radius 2 is 1.10 bits per heavy atom. The normalized spacial score (nSPS) is 29.6. The van der Waals surface area contributed by atoms with Gasteiger partial charge in [0.25, 0.3) is 0 Å². The van der Waals surface area contributed by atoms with Crippen molar-refractivity contribution in [2.45, 2.75) is 166 Å². The van der Waals surface area contributed by atoms with Gasteiger partial charge in [-0.2, -0.15) is 0 Å². The summed E-state index contributed by atoms with van der Waals surface area (Å²) in [6, 6.07) is -0.116. The van der Waals surface area contributed by atoms with Crippen LogP contribution >= 0.6 is 0 Å². The van der Waals surface area contributed by atoms with E-state index >= 15 is 0 Å². The quantitative estimate of drug-likeness (QED) is 0.143. The van der Waals surface area contributed by atoms with Crippen LogP contribution in [0.15, 0.2) is 0 Å². The third kappa shape index (κ3) is 9.16. The molecule has 0 saturated carbocycles. The number of amides is 3. The summed E-state index contributed by atoms with van der Waals surface area (Å²) in [5.41, 5.74) is 0. The fraction of sp³-hybridized carbons (Fsp3) is 0.919. The number of carbonyl (C=O) groups is 3. The van der Waals surface area contributed by atoms with E-state index in [1.165, 1.54) is 0 Å². The van der Waals surface area contributed by atoms with Crippen molar-refractivity contribution in [1.29, 1.82) is 0 Å². The van der Waals surface area contributed by atoms with Gasteiger partial charge in [0.05, 0.1) is 0 Å². The van der Waals surface area contributed by atoms with E-state index in [4.69, 9.17) is 0 Å².